The first-order valence-electron chi connectivity index (χ1n) is 6.74. The second-order valence-corrected chi connectivity index (χ2v) is 4.83. The van der Waals surface area contributed by atoms with E-state index < -0.39 is 0 Å². The average Bonchev–Trinajstić information content (AvgIpc) is 2.41. The van der Waals surface area contributed by atoms with Gasteiger partial charge in [0.1, 0.15) is 0 Å². The summed E-state index contributed by atoms with van der Waals surface area (Å²) < 4.78 is 1.56. The van der Waals surface area contributed by atoms with Crippen LogP contribution in [0.1, 0.15) is 31.2 Å². The lowest BCUT2D eigenvalue weighted by Crippen LogP contribution is -2.31. The fourth-order valence-electron chi connectivity index (χ4n) is 2.11. The van der Waals surface area contributed by atoms with Gasteiger partial charge in [0.2, 0.25) is 0 Å². The lowest BCUT2D eigenvalue weighted by molar-refractivity contribution is 0.580. The van der Waals surface area contributed by atoms with E-state index in [1.807, 2.05) is 0 Å². The molecule has 0 aliphatic carbocycles. The van der Waals surface area contributed by atoms with Gasteiger partial charge in [-0.15, -0.1) is 12.4 Å². The third kappa shape index (κ3) is 4.52. The van der Waals surface area contributed by atoms with Gasteiger partial charge in [-0.3, -0.25) is 14.8 Å². The molecule has 20 heavy (non-hydrogen) atoms. The first-order chi connectivity index (χ1) is 9.16. The molecule has 0 saturated carbocycles. The van der Waals surface area contributed by atoms with Crippen molar-refractivity contribution in [1.29, 1.82) is 0 Å². The van der Waals surface area contributed by atoms with Crippen molar-refractivity contribution in [3.8, 4) is 0 Å². The summed E-state index contributed by atoms with van der Waals surface area (Å²) in [4.78, 5) is 29.5. The minimum absolute atomic E-state index is 0. The highest BCUT2D eigenvalue weighted by atomic mass is 35.5. The van der Waals surface area contributed by atoms with E-state index in [0.29, 0.717) is 12.1 Å². The minimum Gasteiger partial charge on any atom is -0.374 e. The van der Waals surface area contributed by atoms with Gasteiger partial charge in [0.25, 0.3) is 5.56 Å². The smallest absolute Gasteiger partial charge is 0.328 e. The summed E-state index contributed by atoms with van der Waals surface area (Å²) >= 11 is 0. The standard InChI is InChI=1S/C13H20N4O2.ClH/c1-10-9-17(13(19)16-12(10)18)8-3-2-5-11-14-6-4-7-15-11;/h9H,2-8H2,1H3,(H,14,15)(H,16,18,19);1H. The van der Waals surface area contributed by atoms with Crippen LogP contribution in [-0.2, 0) is 6.54 Å². The number of nitrogens with zero attached hydrogens (tertiary/aromatic N) is 2. The van der Waals surface area contributed by atoms with Crippen LogP contribution in [0.25, 0.3) is 0 Å². The summed E-state index contributed by atoms with van der Waals surface area (Å²) in [5.74, 6) is 1.08. The Morgan fingerprint density at radius 2 is 2.15 bits per heavy atom. The van der Waals surface area contributed by atoms with E-state index >= 15 is 0 Å². The number of halogens is 1. The maximum Gasteiger partial charge on any atom is 0.328 e. The van der Waals surface area contributed by atoms with E-state index in [-0.39, 0.29) is 23.7 Å². The summed E-state index contributed by atoms with van der Waals surface area (Å²) in [5.41, 5.74) is -0.0661. The molecule has 0 bridgehead atoms. The number of H-pyrrole nitrogens is 1. The van der Waals surface area contributed by atoms with Crippen LogP contribution in [0.4, 0.5) is 0 Å². The highest BCUT2D eigenvalue weighted by Crippen LogP contribution is 2.01. The zero-order chi connectivity index (χ0) is 13.7. The number of nitrogens with one attached hydrogen (secondary N) is 2. The lowest BCUT2D eigenvalue weighted by Gasteiger charge is -2.14. The summed E-state index contributed by atoms with van der Waals surface area (Å²) in [5, 5.41) is 3.28. The van der Waals surface area contributed by atoms with Crippen molar-refractivity contribution < 1.29 is 0 Å². The van der Waals surface area contributed by atoms with E-state index in [2.05, 4.69) is 15.3 Å². The van der Waals surface area contributed by atoms with Crippen molar-refractivity contribution in [3.63, 3.8) is 0 Å². The molecule has 112 valence electrons. The molecule has 0 saturated heterocycles. The zero-order valence-electron chi connectivity index (χ0n) is 11.6. The molecule has 0 atom stereocenters. The third-order valence-corrected chi connectivity index (χ3v) is 3.22. The molecule has 0 radical (unpaired) electrons. The monoisotopic (exact) mass is 300 g/mol. The van der Waals surface area contributed by atoms with Gasteiger partial charge in [-0.1, -0.05) is 0 Å². The second-order valence-electron chi connectivity index (χ2n) is 4.83. The first-order valence-corrected chi connectivity index (χ1v) is 6.74. The van der Waals surface area contributed by atoms with Crippen LogP contribution in [0.15, 0.2) is 20.8 Å². The topological polar surface area (TPSA) is 79.2 Å². The largest absolute Gasteiger partial charge is 0.374 e. The van der Waals surface area contributed by atoms with Gasteiger partial charge in [0, 0.05) is 37.8 Å². The van der Waals surface area contributed by atoms with Crippen LogP contribution < -0.4 is 16.6 Å². The second kappa shape index (κ2) is 7.89. The Kier molecular flexibility index (Phi) is 6.51. The number of rotatable bonds is 5. The number of aromatic nitrogens is 2. The van der Waals surface area contributed by atoms with Crippen molar-refractivity contribution in [1.82, 2.24) is 14.9 Å². The molecule has 0 spiro atoms. The number of amidine groups is 1. The van der Waals surface area contributed by atoms with E-state index in [1.165, 1.54) is 0 Å². The number of hydrogen-bond donors (Lipinski definition) is 2. The molecule has 6 nitrogen and oxygen atoms in total. The number of unbranched alkanes of at least 4 members (excludes halogenated alkanes) is 1. The number of aliphatic imine (C=N–C) groups is 1. The molecule has 1 aromatic rings. The summed E-state index contributed by atoms with van der Waals surface area (Å²) in [6, 6.07) is 0. The quantitative estimate of drug-likeness (QED) is 0.791. The molecule has 0 unspecified atom stereocenters. The maximum atomic E-state index is 11.6. The molecule has 0 aromatic carbocycles. The van der Waals surface area contributed by atoms with Gasteiger partial charge >= 0.3 is 5.69 Å². The lowest BCUT2D eigenvalue weighted by atomic mass is 10.2. The first kappa shape index (κ1) is 16.5. The van der Waals surface area contributed by atoms with E-state index in [0.717, 1.165) is 44.6 Å². The molecule has 0 fully saturated rings. The molecular weight excluding hydrogens is 280 g/mol. The van der Waals surface area contributed by atoms with E-state index in [1.54, 1.807) is 17.7 Å². The van der Waals surface area contributed by atoms with Crippen LogP contribution in [0.2, 0.25) is 0 Å². The van der Waals surface area contributed by atoms with Crippen LogP contribution in [0, 0.1) is 6.92 Å². The Morgan fingerprint density at radius 3 is 2.85 bits per heavy atom. The summed E-state index contributed by atoms with van der Waals surface area (Å²) in [6.07, 6.45) is 5.53. The van der Waals surface area contributed by atoms with Crippen molar-refractivity contribution >= 4 is 18.2 Å². The molecule has 1 aromatic heterocycles. The zero-order valence-corrected chi connectivity index (χ0v) is 12.5. The van der Waals surface area contributed by atoms with Gasteiger partial charge in [-0.25, -0.2) is 4.79 Å². The van der Waals surface area contributed by atoms with Gasteiger partial charge in [-0.2, -0.15) is 0 Å². The van der Waals surface area contributed by atoms with Crippen molar-refractivity contribution in [3.05, 3.63) is 32.6 Å². The van der Waals surface area contributed by atoms with Crippen molar-refractivity contribution in [2.45, 2.75) is 39.2 Å². The molecule has 7 heteroatoms. The normalized spacial score (nSPS) is 14.2. The van der Waals surface area contributed by atoms with E-state index in [9.17, 15) is 9.59 Å². The molecule has 0 amide bonds. The number of aromatic amines is 1. The van der Waals surface area contributed by atoms with E-state index in [4.69, 9.17) is 0 Å². The molecular formula is C13H21ClN4O2. The molecule has 2 N–H and O–H groups in total. The highest BCUT2D eigenvalue weighted by Gasteiger charge is 2.04. The Morgan fingerprint density at radius 1 is 1.35 bits per heavy atom. The molecule has 2 heterocycles. The Hall–Kier alpha value is -1.56. The average molecular weight is 301 g/mol. The molecule has 2 rings (SSSR count). The van der Waals surface area contributed by atoms with Crippen molar-refractivity contribution in [2.24, 2.45) is 4.99 Å². The van der Waals surface area contributed by atoms with Crippen LogP contribution >= 0.6 is 12.4 Å². The Bertz CT molecular complexity index is 576. The van der Waals surface area contributed by atoms with Crippen LogP contribution in [0.5, 0.6) is 0 Å². The fraction of sp³-hybridized carbons (Fsp3) is 0.615. The van der Waals surface area contributed by atoms with Crippen LogP contribution in [-0.4, -0.2) is 28.5 Å². The maximum absolute atomic E-state index is 11.6. The molecule has 1 aliphatic heterocycles. The highest BCUT2D eigenvalue weighted by molar-refractivity contribution is 5.85. The predicted molar refractivity (Wildman–Crippen MR) is 82.1 cm³/mol. The fourth-order valence-corrected chi connectivity index (χ4v) is 2.11. The number of hydrogen-bond acceptors (Lipinski definition) is 4. The SMILES string of the molecule is Cc1cn(CCCCC2=NCCCN2)c(=O)[nH]c1=O.Cl. The van der Waals surface area contributed by atoms with Crippen LogP contribution in [0.3, 0.4) is 0 Å². The van der Waals surface area contributed by atoms with Gasteiger partial charge in [0.05, 0.1) is 5.84 Å². The van der Waals surface area contributed by atoms with Gasteiger partial charge in [0.15, 0.2) is 0 Å². The van der Waals surface area contributed by atoms with Gasteiger partial charge < -0.3 is 9.88 Å². The Labute approximate surface area is 123 Å². The minimum atomic E-state index is -0.330. The predicted octanol–water partition coefficient (Wildman–Crippen LogP) is 0.829. The number of aryl methyl sites for hydroxylation is 2. The summed E-state index contributed by atoms with van der Waals surface area (Å²) in [6.45, 7) is 4.26. The molecule has 1 aliphatic rings. The van der Waals surface area contributed by atoms with Crippen molar-refractivity contribution in [2.75, 3.05) is 13.1 Å². The van der Waals surface area contributed by atoms with Gasteiger partial charge in [-0.05, 0) is 26.2 Å². The third-order valence-electron chi connectivity index (χ3n) is 3.22. The summed E-state index contributed by atoms with van der Waals surface area (Å²) in [7, 11) is 0. The Balaban J connectivity index is 0.00000200.